The van der Waals surface area contributed by atoms with Crippen LogP contribution in [-0.4, -0.2) is 38.2 Å². The van der Waals surface area contributed by atoms with E-state index in [1.54, 1.807) is 18.2 Å². The van der Waals surface area contributed by atoms with E-state index < -0.39 is 10.0 Å². The minimum absolute atomic E-state index is 0.0660. The topological polar surface area (TPSA) is 110 Å². The van der Waals surface area contributed by atoms with Crippen molar-refractivity contribution in [2.24, 2.45) is 17.0 Å². The first kappa shape index (κ1) is 22.5. The molecule has 170 valence electrons. The maximum Gasteiger partial charge on any atom is 0.238 e. The van der Waals surface area contributed by atoms with Gasteiger partial charge in [-0.1, -0.05) is 48.9 Å². The maximum absolute atomic E-state index is 12.8. The SMILES string of the molecule is NS(=O)(=O)c1ccccc1-c1ccc(CNC(=O)C2CCC[C@H]2C(=O)N2CCCC2)cc1. The molecule has 4 rings (SSSR count). The highest BCUT2D eigenvalue weighted by Crippen LogP contribution is 2.34. The van der Waals surface area contributed by atoms with E-state index in [0.29, 0.717) is 12.1 Å². The Balaban J connectivity index is 1.39. The van der Waals surface area contributed by atoms with E-state index in [9.17, 15) is 18.0 Å². The number of nitrogens with two attached hydrogens (primary N) is 1. The molecular formula is C24H29N3O4S. The van der Waals surface area contributed by atoms with Gasteiger partial charge in [0.15, 0.2) is 0 Å². The van der Waals surface area contributed by atoms with Crippen LogP contribution < -0.4 is 10.5 Å². The minimum atomic E-state index is -3.83. The van der Waals surface area contributed by atoms with E-state index >= 15 is 0 Å². The molecule has 2 aliphatic rings. The fourth-order valence-corrected chi connectivity index (χ4v) is 5.58. The molecule has 32 heavy (non-hydrogen) atoms. The Morgan fingerprint density at radius 1 is 0.938 bits per heavy atom. The summed E-state index contributed by atoms with van der Waals surface area (Å²) in [4.78, 5) is 27.6. The first-order valence-corrected chi connectivity index (χ1v) is 12.7. The van der Waals surface area contributed by atoms with Crippen molar-refractivity contribution in [1.29, 1.82) is 0 Å². The van der Waals surface area contributed by atoms with Crippen molar-refractivity contribution in [3.05, 3.63) is 54.1 Å². The van der Waals surface area contributed by atoms with E-state index in [0.717, 1.165) is 56.3 Å². The second kappa shape index (κ2) is 9.42. The second-order valence-corrected chi connectivity index (χ2v) is 10.2. The van der Waals surface area contributed by atoms with Crippen molar-refractivity contribution in [1.82, 2.24) is 10.2 Å². The monoisotopic (exact) mass is 455 g/mol. The van der Waals surface area contributed by atoms with Crippen molar-refractivity contribution in [2.45, 2.75) is 43.5 Å². The van der Waals surface area contributed by atoms with Crippen molar-refractivity contribution in [3.63, 3.8) is 0 Å². The summed E-state index contributed by atoms with van der Waals surface area (Å²) in [5.74, 6) is -0.393. The predicted octanol–water partition coefficient (Wildman–Crippen LogP) is 2.66. The highest BCUT2D eigenvalue weighted by molar-refractivity contribution is 7.89. The van der Waals surface area contributed by atoms with E-state index in [4.69, 9.17) is 5.14 Å². The third-order valence-electron chi connectivity index (χ3n) is 6.51. The van der Waals surface area contributed by atoms with Crippen molar-refractivity contribution in [3.8, 4) is 11.1 Å². The van der Waals surface area contributed by atoms with Crippen LogP contribution in [0.25, 0.3) is 11.1 Å². The van der Waals surface area contributed by atoms with Gasteiger partial charge >= 0.3 is 0 Å². The van der Waals surface area contributed by atoms with Gasteiger partial charge in [-0.3, -0.25) is 9.59 Å². The fraction of sp³-hybridized carbons (Fsp3) is 0.417. The molecule has 2 aromatic rings. The quantitative estimate of drug-likeness (QED) is 0.698. The molecule has 2 fully saturated rings. The number of hydrogen-bond donors (Lipinski definition) is 2. The van der Waals surface area contributed by atoms with Crippen molar-refractivity contribution < 1.29 is 18.0 Å². The number of amides is 2. The lowest BCUT2D eigenvalue weighted by Gasteiger charge is -2.24. The number of nitrogens with one attached hydrogen (secondary N) is 1. The number of sulfonamides is 1. The van der Waals surface area contributed by atoms with Crippen LogP contribution in [0.3, 0.4) is 0 Å². The molecular weight excluding hydrogens is 426 g/mol. The third kappa shape index (κ3) is 4.86. The molecule has 0 bridgehead atoms. The normalized spacial score (nSPS) is 21.0. The molecule has 8 heteroatoms. The molecule has 0 aromatic heterocycles. The number of carbonyl (C=O) groups excluding carboxylic acids is 2. The summed E-state index contributed by atoms with van der Waals surface area (Å²) in [5, 5.41) is 8.32. The zero-order valence-electron chi connectivity index (χ0n) is 18.0. The zero-order chi connectivity index (χ0) is 22.7. The molecule has 1 saturated carbocycles. The minimum Gasteiger partial charge on any atom is -0.352 e. The average molecular weight is 456 g/mol. The van der Waals surface area contributed by atoms with Crippen LogP contribution in [0.2, 0.25) is 0 Å². The van der Waals surface area contributed by atoms with Gasteiger partial charge in [-0.25, -0.2) is 13.6 Å². The standard InChI is InChI=1S/C24H29N3O4S/c25-32(30,31)22-9-2-1-6-19(22)18-12-10-17(11-13-18)16-26-23(28)20-7-5-8-21(20)24(29)27-14-3-4-15-27/h1-2,6,9-13,20-21H,3-5,7-8,14-16H2,(H,26,28)(H2,25,30,31)/t20?,21-/m1/s1. The lowest BCUT2D eigenvalue weighted by molar-refractivity contribution is -0.140. The number of hydrogen-bond acceptors (Lipinski definition) is 4. The van der Waals surface area contributed by atoms with Crippen LogP contribution in [0.15, 0.2) is 53.4 Å². The van der Waals surface area contributed by atoms with Crippen LogP contribution in [0, 0.1) is 11.8 Å². The lowest BCUT2D eigenvalue weighted by Crippen LogP contribution is -2.40. The lowest BCUT2D eigenvalue weighted by atomic mass is 9.93. The number of primary sulfonamides is 1. The number of likely N-dealkylation sites (tertiary alicyclic amines) is 1. The molecule has 2 amide bonds. The molecule has 2 atom stereocenters. The maximum atomic E-state index is 12.8. The van der Waals surface area contributed by atoms with Gasteiger partial charge in [0.1, 0.15) is 0 Å². The zero-order valence-corrected chi connectivity index (χ0v) is 18.8. The smallest absolute Gasteiger partial charge is 0.238 e. The van der Waals surface area contributed by atoms with E-state index in [1.165, 1.54) is 6.07 Å². The number of carbonyl (C=O) groups is 2. The predicted molar refractivity (Wildman–Crippen MR) is 122 cm³/mol. The van der Waals surface area contributed by atoms with Gasteiger partial charge in [-0.15, -0.1) is 0 Å². The Kier molecular flexibility index (Phi) is 6.62. The first-order chi connectivity index (χ1) is 15.3. The fourth-order valence-electron chi connectivity index (χ4n) is 4.82. The van der Waals surface area contributed by atoms with Crippen LogP contribution >= 0.6 is 0 Å². The molecule has 0 radical (unpaired) electrons. The van der Waals surface area contributed by atoms with Crippen LogP contribution in [-0.2, 0) is 26.2 Å². The summed E-state index contributed by atoms with van der Waals surface area (Å²) in [7, 11) is -3.83. The first-order valence-electron chi connectivity index (χ1n) is 11.1. The average Bonchev–Trinajstić information content (AvgIpc) is 3.49. The van der Waals surface area contributed by atoms with Crippen LogP contribution in [0.5, 0.6) is 0 Å². The van der Waals surface area contributed by atoms with Gasteiger partial charge in [0.05, 0.1) is 4.90 Å². The van der Waals surface area contributed by atoms with Gasteiger partial charge < -0.3 is 10.2 Å². The van der Waals surface area contributed by atoms with E-state index in [2.05, 4.69) is 5.32 Å². The Bertz CT molecular complexity index is 1090. The largest absolute Gasteiger partial charge is 0.352 e. The molecule has 1 heterocycles. The summed E-state index contributed by atoms with van der Waals surface area (Å²) in [5.41, 5.74) is 2.17. The second-order valence-electron chi connectivity index (χ2n) is 8.63. The third-order valence-corrected chi connectivity index (χ3v) is 7.48. The highest BCUT2D eigenvalue weighted by Gasteiger charge is 2.39. The summed E-state index contributed by atoms with van der Waals surface area (Å²) in [6.45, 7) is 1.98. The molecule has 0 spiro atoms. The van der Waals surface area contributed by atoms with Gasteiger partial charge in [-0.2, -0.15) is 0 Å². The Morgan fingerprint density at radius 3 is 2.28 bits per heavy atom. The van der Waals surface area contributed by atoms with Gasteiger partial charge in [0.25, 0.3) is 0 Å². The van der Waals surface area contributed by atoms with Crippen molar-refractivity contribution in [2.75, 3.05) is 13.1 Å². The van der Waals surface area contributed by atoms with Gasteiger partial charge in [0.2, 0.25) is 21.8 Å². The Hall–Kier alpha value is -2.71. The van der Waals surface area contributed by atoms with Gasteiger partial charge in [-0.05, 0) is 42.9 Å². The van der Waals surface area contributed by atoms with E-state index in [-0.39, 0.29) is 28.5 Å². The molecule has 2 aromatic carbocycles. The molecule has 1 unspecified atom stereocenters. The molecule has 3 N–H and O–H groups in total. The number of rotatable bonds is 6. The summed E-state index contributed by atoms with van der Waals surface area (Å²) in [6.07, 6.45) is 4.53. The summed E-state index contributed by atoms with van der Waals surface area (Å²) in [6, 6.07) is 14.0. The summed E-state index contributed by atoms with van der Waals surface area (Å²) < 4.78 is 23.7. The molecule has 1 saturated heterocycles. The molecule has 1 aliphatic heterocycles. The highest BCUT2D eigenvalue weighted by atomic mass is 32.2. The van der Waals surface area contributed by atoms with E-state index in [1.807, 2.05) is 29.2 Å². The molecule has 1 aliphatic carbocycles. The molecule has 7 nitrogen and oxygen atoms in total. The Morgan fingerprint density at radius 2 is 1.59 bits per heavy atom. The Labute approximate surface area is 189 Å². The number of benzene rings is 2. The van der Waals surface area contributed by atoms with Crippen molar-refractivity contribution >= 4 is 21.8 Å². The van der Waals surface area contributed by atoms with Gasteiger partial charge in [0, 0.05) is 37.0 Å². The summed E-state index contributed by atoms with van der Waals surface area (Å²) >= 11 is 0. The number of nitrogens with zero attached hydrogens (tertiary/aromatic N) is 1. The van der Waals surface area contributed by atoms with Crippen LogP contribution in [0.4, 0.5) is 0 Å². The van der Waals surface area contributed by atoms with Crippen LogP contribution in [0.1, 0.15) is 37.7 Å².